The van der Waals surface area contributed by atoms with Crippen molar-refractivity contribution in [3.8, 4) is 17.2 Å². The summed E-state index contributed by atoms with van der Waals surface area (Å²) < 4.78 is 0. The maximum atomic E-state index is 9.92. The predicted octanol–water partition coefficient (Wildman–Crippen LogP) is 3.44. The zero-order valence-electron chi connectivity index (χ0n) is 11.1. The molecule has 0 radical (unpaired) electrons. The van der Waals surface area contributed by atoms with Crippen LogP contribution in [0.15, 0.2) is 23.8 Å². The summed E-state index contributed by atoms with van der Waals surface area (Å²) in [6.45, 7) is 6.23. The van der Waals surface area contributed by atoms with Crippen LogP contribution in [0.1, 0.15) is 39.2 Å². The number of aromatic hydroxyl groups is 3. The second-order valence-electron chi connectivity index (χ2n) is 5.80. The Bertz CT molecular complexity index is 501. The van der Waals surface area contributed by atoms with Gasteiger partial charge in [0.25, 0.3) is 0 Å². The topological polar surface area (TPSA) is 60.7 Å². The van der Waals surface area contributed by atoms with Gasteiger partial charge in [-0.1, -0.05) is 38.5 Å². The number of benzene rings is 1. The van der Waals surface area contributed by atoms with E-state index in [4.69, 9.17) is 0 Å². The molecule has 1 fully saturated rings. The molecule has 1 aromatic rings. The van der Waals surface area contributed by atoms with Gasteiger partial charge in [-0.05, 0) is 30.2 Å². The van der Waals surface area contributed by atoms with Crippen molar-refractivity contribution in [1.29, 1.82) is 0 Å². The van der Waals surface area contributed by atoms with Crippen molar-refractivity contribution in [2.75, 3.05) is 0 Å². The average Bonchev–Trinajstić information content (AvgIpc) is 3.00. The Morgan fingerprint density at radius 1 is 1.22 bits per heavy atom. The Balaban J connectivity index is 2.26. The van der Waals surface area contributed by atoms with E-state index < -0.39 is 5.75 Å². The van der Waals surface area contributed by atoms with Crippen LogP contribution in [-0.4, -0.2) is 15.3 Å². The first-order valence-corrected chi connectivity index (χ1v) is 6.26. The van der Waals surface area contributed by atoms with Crippen LogP contribution in [0.2, 0.25) is 0 Å². The Morgan fingerprint density at radius 2 is 1.83 bits per heavy atom. The second kappa shape index (κ2) is 4.23. The molecule has 3 heteroatoms. The third kappa shape index (κ3) is 2.30. The maximum absolute atomic E-state index is 9.92. The summed E-state index contributed by atoms with van der Waals surface area (Å²) in [5.74, 6) is -0.251. The lowest BCUT2D eigenvalue weighted by molar-refractivity contribution is 0.356. The van der Waals surface area contributed by atoms with Crippen LogP contribution in [0, 0.1) is 5.92 Å². The summed E-state index contributed by atoms with van der Waals surface area (Å²) in [6, 6.07) is 3.08. The van der Waals surface area contributed by atoms with Gasteiger partial charge >= 0.3 is 0 Å². The first-order chi connectivity index (χ1) is 8.33. The lowest BCUT2D eigenvalue weighted by Gasteiger charge is -2.25. The normalized spacial score (nSPS) is 21.3. The summed E-state index contributed by atoms with van der Waals surface area (Å²) in [5.41, 5.74) is 1.85. The van der Waals surface area contributed by atoms with Crippen LogP contribution in [0.25, 0.3) is 0 Å². The van der Waals surface area contributed by atoms with Gasteiger partial charge in [-0.25, -0.2) is 0 Å². The highest BCUT2D eigenvalue weighted by Gasteiger charge is 2.28. The molecule has 1 saturated carbocycles. The van der Waals surface area contributed by atoms with Gasteiger partial charge in [0.1, 0.15) is 0 Å². The lowest BCUT2D eigenvalue weighted by atomic mass is 9.80. The van der Waals surface area contributed by atoms with Gasteiger partial charge in [-0.3, -0.25) is 0 Å². The van der Waals surface area contributed by atoms with Crippen molar-refractivity contribution in [1.82, 2.24) is 0 Å². The Hall–Kier alpha value is -1.64. The molecule has 2 rings (SSSR count). The van der Waals surface area contributed by atoms with E-state index in [9.17, 15) is 15.3 Å². The molecule has 1 aliphatic rings. The number of phenolic OH excluding ortho intramolecular Hbond substituents is 3. The summed E-state index contributed by atoms with van der Waals surface area (Å²) >= 11 is 0. The highest BCUT2D eigenvalue weighted by Crippen LogP contribution is 2.45. The minimum atomic E-state index is -0.437. The zero-order valence-corrected chi connectivity index (χ0v) is 11.1. The monoisotopic (exact) mass is 248 g/mol. The van der Waals surface area contributed by atoms with Gasteiger partial charge in [0.2, 0.25) is 5.75 Å². The number of phenols is 3. The summed E-state index contributed by atoms with van der Waals surface area (Å²) in [4.78, 5) is 0. The molecule has 0 saturated heterocycles. The number of allylic oxidation sites excluding steroid dienone is 2. The van der Waals surface area contributed by atoms with Crippen molar-refractivity contribution in [3.63, 3.8) is 0 Å². The van der Waals surface area contributed by atoms with Crippen LogP contribution < -0.4 is 0 Å². The Morgan fingerprint density at radius 3 is 2.39 bits per heavy atom. The highest BCUT2D eigenvalue weighted by atomic mass is 16.3. The van der Waals surface area contributed by atoms with E-state index in [1.165, 1.54) is 18.1 Å². The molecule has 18 heavy (non-hydrogen) atoms. The van der Waals surface area contributed by atoms with Crippen molar-refractivity contribution >= 4 is 0 Å². The van der Waals surface area contributed by atoms with Gasteiger partial charge < -0.3 is 15.3 Å². The molecule has 1 atom stereocenters. The van der Waals surface area contributed by atoms with Gasteiger partial charge in [-0.2, -0.15) is 0 Å². The molecule has 0 bridgehead atoms. The second-order valence-corrected chi connectivity index (χ2v) is 5.80. The van der Waals surface area contributed by atoms with Crippen molar-refractivity contribution in [2.45, 2.75) is 39.0 Å². The predicted molar refractivity (Wildman–Crippen MR) is 70.9 cm³/mol. The van der Waals surface area contributed by atoms with Crippen LogP contribution in [0.4, 0.5) is 0 Å². The Kier molecular flexibility index (Phi) is 3.01. The van der Waals surface area contributed by atoms with Crippen molar-refractivity contribution < 1.29 is 15.3 Å². The maximum Gasteiger partial charge on any atom is 0.200 e. The Labute approximate surface area is 107 Å². The molecule has 1 unspecified atom stereocenters. The molecule has 0 aromatic heterocycles. The summed E-state index contributed by atoms with van der Waals surface area (Å²) in [5, 5.41) is 28.8. The van der Waals surface area contributed by atoms with Gasteiger partial charge in [-0.15, -0.1) is 0 Å². The molecule has 0 heterocycles. The zero-order chi connectivity index (χ0) is 13.5. The van der Waals surface area contributed by atoms with E-state index in [1.807, 2.05) is 13.8 Å². The number of hydrogen-bond donors (Lipinski definition) is 3. The molecule has 0 amide bonds. The molecule has 1 aromatic carbocycles. The van der Waals surface area contributed by atoms with Crippen LogP contribution in [-0.2, 0) is 5.41 Å². The van der Waals surface area contributed by atoms with Crippen molar-refractivity contribution in [3.05, 3.63) is 29.3 Å². The van der Waals surface area contributed by atoms with E-state index in [2.05, 4.69) is 13.0 Å². The third-order valence-corrected chi connectivity index (χ3v) is 3.75. The van der Waals surface area contributed by atoms with Crippen LogP contribution in [0.3, 0.4) is 0 Å². The largest absolute Gasteiger partial charge is 0.504 e. The van der Waals surface area contributed by atoms with Gasteiger partial charge in [0.05, 0.1) is 0 Å². The van der Waals surface area contributed by atoms with Crippen LogP contribution in [0.5, 0.6) is 17.2 Å². The number of hydrogen-bond acceptors (Lipinski definition) is 3. The fourth-order valence-electron chi connectivity index (χ4n) is 2.19. The number of rotatable bonds is 3. The third-order valence-electron chi connectivity index (χ3n) is 3.75. The van der Waals surface area contributed by atoms with Gasteiger partial charge in [0, 0.05) is 5.56 Å². The molecule has 0 aliphatic heterocycles. The first kappa shape index (κ1) is 12.8. The molecular formula is C15H20O3. The molecular weight excluding hydrogens is 228 g/mol. The molecule has 3 nitrogen and oxygen atoms in total. The van der Waals surface area contributed by atoms with E-state index in [0.29, 0.717) is 11.5 Å². The molecule has 3 N–H and O–H groups in total. The quantitative estimate of drug-likeness (QED) is 0.567. The molecule has 98 valence electrons. The fraction of sp³-hybridized carbons (Fsp3) is 0.467. The van der Waals surface area contributed by atoms with Gasteiger partial charge in [0.15, 0.2) is 11.5 Å². The van der Waals surface area contributed by atoms with E-state index >= 15 is 0 Å². The summed E-state index contributed by atoms with van der Waals surface area (Å²) in [6.07, 6.45) is 4.20. The SMILES string of the molecule is CC1C/C1=C\CC(C)(C)c1ccc(O)c(O)c1O. The van der Waals surface area contributed by atoms with E-state index in [-0.39, 0.29) is 16.9 Å². The lowest BCUT2D eigenvalue weighted by Crippen LogP contribution is -2.16. The smallest absolute Gasteiger partial charge is 0.200 e. The fourth-order valence-corrected chi connectivity index (χ4v) is 2.19. The first-order valence-electron chi connectivity index (χ1n) is 6.26. The minimum Gasteiger partial charge on any atom is -0.504 e. The molecule has 1 aliphatic carbocycles. The van der Waals surface area contributed by atoms with E-state index in [1.54, 1.807) is 6.07 Å². The van der Waals surface area contributed by atoms with E-state index in [0.717, 1.165) is 6.42 Å². The van der Waals surface area contributed by atoms with Crippen molar-refractivity contribution in [2.24, 2.45) is 5.92 Å². The van der Waals surface area contributed by atoms with Crippen LogP contribution >= 0.6 is 0 Å². The minimum absolute atomic E-state index is 0.220. The average molecular weight is 248 g/mol. The summed E-state index contributed by atoms with van der Waals surface area (Å²) in [7, 11) is 0. The molecule has 0 spiro atoms. The highest BCUT2D eigenvalue weighted by molar-refractivity contribution is 5.55. The standard InChI is InChI=1S/C15H20O3/c1-9-8-10(9)6-7-15(2,3)11-4-5-12(16)14(18)13(11)17/h4-6,9,16-18H,7-8H2,1-3H3/b10-6+.